The van der Waals surface area contributed by atoms with E-state index in [1.165, 1.54) is 10.4 Å². The molecule has 2 aromatic heterocycles. The van der Waals surface area contributed by atoms with E-state index in [2.05, 4.69) is 66.6 Å². The van der Waals surface area contributed by atoms with E-state index in [0.29, 0.717) is 6.04 Å². The molecular formula is C13H14Br2N2S. The van der Waals surface area contributed by atoms with Gasteiger partial charge in [-0.3, -0.25) is 4.98 Å². The first-order valence-electron chi connectivity index (χ1n) is 5.75. The zero-order valence-electron chi connectivity index (χ0n) is 9.99. The minimum Gasteiger partial charge on any atom is -0.310 e. The van der Waals surface area contributed by atoms with Crippen LogP contribution in [0.25, 0.3) is 0 Å². The van der Waals surface area contributed by atoms with Crippen molar-refractivity contribution in [2.24, 2.45) is 0 Å². The molecule has 2 aromatic rings. The average Bonchev–Trinajstić information content (AvgIpc) is 2.74. The van der Waals surface area contributed by atoms with Crippen LogP contribution in [-0.2, 0) is 6.42 Å². The predicted octanol–water partition coefficient (Wildman–Crippen LogP) is 4.56. The molecule has 1 unspecified atom stereocenters. The molecule has 0 aliphatic carbocycles. The molecule has 2 nitrogen and oxygen atoms in total. The Morgan fingerprint density at radius 2 is 2.11 bits per heavy atom. The Morgan fingerprint density at radius 3 is 2.72 bits per heavy atom. The van der Waals surface area contributed by atoms with Gasteiger partial charge in [0, 0.05) is 44.1 Å². The van der Waals surface area contributed by atoms with Crippen LogP contribution in [0.2, 0.25) is 0 Å². The van der Waals surface area contributed by atoms with Crippen LogP contribution in [-0.4, -0.2) is 11.5 Å². The lowest BCUT2D eigenvalue weighted by molar-refractivity contribution is 0.551. The van der Waals surface area contributed by atoms with Crippen molar-refractivity contribution in [3.63, 3.8) is 0 Å². The number of nitrogens with one attached hydrogen (secondary N) is 1. The number of halogens is 2. The zero-order valence-corrected chi connectivity index (χ0v) is 14.0. The summed E-state index contributed by atoms with van der Waals surface area (Å²) >= 11 is 8.76. The number of aromatic nitrogens is 1. The largest absolute Gasteiger partial charge is 0.310 e. The molecule has 2 heterocycles. The topological polar surface area (TPSA) is 24.9 Å². The molecule has 96 valence electrons. The molecule has 0 amide bonds. The Kier molecular flexibility index (Phi) is 5.36. The first-order valence-corrected chi connectivity index (χ1v) is 8.22. The summed E-state index contributed by atoms with van der Waals surface area (Å²) in [5.74, 6) is 0. The van der Waals surface area contributed by atoms with Crippen molar-refractivity contribution in [1.82, 2.24) is 10.3 Å². The third kappa shape index (κ3) is 3.88. The molecule has 0 aromatic carbocycles. The van der Waals surface area contributed by atoms with Crippen molar-refractivity contribution in [3.05, 3.63) is 49.3 Å². The van der Waals surface area contributed by atoms with Gasteiger partial charge in [0.25, 0.3) is 0 Å². The van der Waals surface area contributed by atoms with Crippen LogP contribution in [0.5, 0.6) is 0 Å². The second-order valence-electron chi connectivity index (χ2n) is 3.98. The van der Waals surface area contributed by atoms with Crippen LogP contribution in [0.1, 0.15) is 23.4 Å². The smallest absolute Gasteiger partial charge is 0.0410 e. The highest BCUT2D eigenvalue weighted by Crippen LogP contribution is 2.26. The van der Waals surface area contributed by atoms with Gasteiger partial charge in [0.15, 0.2) is 0 Å². The Bertz CT molecular complexity index is 513. The lowest BCUT2D eigenvalue weighted by Crippen LogP contribution is -2.22. The van der Waals surface area contributed by atoms with Gasteiger partial charge in [0.05, 0.1) is 0 Å². The quantitative estimate of drug-likeness (QED) is 0.810. The summed E-state index contributed by atoms with van der Waals surface area (Å²) in [5.41, 5.74) is 1.22. The third-order valence-electron chi connectivity index (χ3n) is 2.61. The lowest BCUT2D eigenvalue weighted by Gasteiger charge is -2.17. The normalized spacial score (nSPS) is 12.6. The Morgan fingerprint density at radius 1 is 1.28 bits per heavy atom. The number of nitrogens with zero attached hydrogens (tertiary/aromatic N) is 1. The van der Waals surface area contributed by atoms with Crippen LogP contribution >= 0.6 is 43.2 Å². The lowest BCUT2D eigenvalue weighted by atomic mass is 10.1. The molecule has 0 aliphatic heterocycles. The fourth-order valence-electron chi connectivity index (χ4n) is 1.84. The summed E-state index contributed by atoms with van der Waals surface area (Å²) in [4.78, 5) is 5.61. The molecule has 0 fully saturated rings. The molecule has 1 N–H and O–H groups in total. The Labute approximate surface area is 128 Å². The Balaban J connectivity index is 2.17. The maximum atomic E-state index is 4.24. The van der Waals surface area contributed by atoms with Gasteiger partial charge < -0.3 is 5.32 Å². The van der Waals surface area contributed by atoms with E-state index in [1.807, 2.05) is 12.4 Å². The molecule has 0 radical (unpaired) electrons. The molecule has 5 heteroatoms. The molecule has 1 atom stereocenters. The predicted molar refractivity (Wildman–Crippen MR) is 84.1 cm³/mol. The van der Waals surface area contributed by atoms with Gasteiger partial charge >= 0.3 is 0 Å². The van der Waals surface area contributed by atoms with E-state index < -0.39 is 0 Å². The summed E-state index contributed by atoms with van der Waals surface area (Å²) < 4.78 is 2.18. The van der Waals surface area contributed by atoms with Gasteiger partial charge in [0.1, 0.15) is 0 Å². The van der Waals surface area contributed by atoms with Gasteiger partial charge in [0.2, 0.25) is 0 Å². The number of rotatable bonds is 5. The van der Waals surface area contributed by atoms with E-state index in [-0.39, 0.29) is 0 Å². The van der Waals surface area contributed by atoms with E-state index in [0.717, 1.165) is 21.9 Å². The van der Waals surface area contributed by atoms with Crippen molar-refractivity contribution in [3.8, 4) is 0 Å². The molecule has 0 saturated carbocycles. The van der Waals surface area contributed by atoms with Gasteiger partial charge in [-0.05, 0) is 56.1 Å². The fraction of sp³-hybridized carbons (Fsp3) is 0.308. The standard InChI is InChI=1S/C13H14Br2N2S/c1-2-17-13(5-12-4-11(15)8-18-12)9-3-10(14)7-16-6-9/h3-4,6-8,13,17H,2,5H2,1H3. The van der Waals surface area contributed by atoms with Crippen molar-refractivity contribution >= 4 is 43.2 Å². The average molecular weight is 390 g/mol. The minimum atomic E-state index is 0.311. The second kappa shape index (κ2) is 6.80. The van der Waals surface area contributed by atoms with E-state index in [1.54, 1.807) is 11.3 Å². The van der Waals surface area contributed by atoms with Crippen LogP contribution in [0.15, 0.2) is 38.9 Å². The van der Waals surface area contributed by atoms with E-state index >= 15 is 0 Å². The number of likely N-dealkylation sites (N-methyl/N-ethyl adjacent to an activating group) is 1. The van der Waals surface area contributed by atoms with Crippen molar-refractivity contribution in [1.29, 1.82) is 0 Å². The zero-order chi connectivity index (χ0) is 13.0. The van der Waals surface area contributed by atoms with Gasteiger partial charge in [-0.15, -0.1) is 11.3 Å². The van der Waals surface area contributed by atoms with E-state index in [9.17, 15) is 0 Å². The van der Waals surface area contributed by atoms with Crippen LogP contribution in [0, 0.1) is 0 Å². The number of pyridine rings is 1. The van der Waals surface area contributed by atoms with Gasteiger partial charge in [-0.1, -0.05) is 6.92 Å². The van der Waals surface area contributed by atoms with Crippen molar-refractivity contribution < 1.29 is 0 Å². The minimum absolute atomic E-state index is 0.311. The number of hydrogen-bond donors (Lipinski definition) is 1. The molecule has 0 spiro atoms. The summed E-state index contributed by atoms with van der Waals surface area (Å²) in [6.07, 6.45) is 4.73. The molecule has 0 saturated heterocycles. The molecular weight excluding hydrogens is 376 g/mol. The van der Waals surface area contributed by atoms with Gasteiger partial charge in [-0.2, -0.15) is 0 Å². The molecule has 18 heavy (non-hydrogen) atoms. The SMILES string of the molecule is CCNC(Cc1cc(Br)cs1)c1cncc(Br)c1. The second-order valence-corrected chi connectivity index (χ2v) is 6.81. The van der Waals surface area contributed by atoms with Crippen LogP contribution in [0.4, 0.5) is 0 Å². The fourth-order valence-corrected chi connectivity index (χ4v) is 3.72. The van der Waals surface area contributed by atoms with Crippen molar-refractivity contribution in [2.45, 2.75) is 19.4 Å². The first-order chi connectivity index (χ1) is 8.69. The van der Waals surface area contributed by atoms with Gasteiger partial charge in [-0.25, -0.2) is 0 Å². The maximum absolute atomic E-state index is 4.24. The highest BCUT2D eigenvalue weighted by Gasteiger charge is 2.13. The maximum Gasteiger partial charge on any atom is 0.0410 e. The summed E-state index contributed by atoms with van der Waals surface area (Å²) in [6.45, 7) is 3.08. The summed E-state index contributed by atoms with van der Waals surface area (Å²) in [5, 5.41) is 5.64. The highest BCUT2D eigenvalue weighted by molar-refractivity contribution is 9.10. The van der Waals surface area contributed by atoms with Crippen molar-refractivity contribution in [2.75, 3.05) is 6.54 Å². The Hall–Kier alpha value is -0.230. The molecule has 0 aliphatic rings. The first kappa shape index (κ1) is 14.2. The number of hydrogen-bond acceptors (Lipinski definition) is 3. The molecule has 0 bridgehead atoms. The number of thiophene rings is 1. The summed E-state index contributed by atoms with van der Waals surface area (Å²) in [6, 6.07) is 4.62. The van der Waals surface area contributed by atoms with E-state index in [4.69, 9.17) is 0 Å². The molecule has 2 rings (SSSR count). The monoisotopic (exact) mass is 388 g/mol. The van der Waals surface area contributed by atoms with Crippen LogP contribution < -0.4 is 5.32 Å². The third-order valence-corrected chi connectivity index (χ3v) is 4.76. The summed E-state index contributed by atoms with van der Waals surface area (Å²) in [7, 11) is 0. The highest BCUT2D eigenvalue weighted by atomic mass is 79.9. The van der Waals surface area contributed by atoms with Crippen LogP contribution in [0.3, 0.4) is 0 Å².